The molecular formula is C16H20O2. The molecule has 1 spiro atoms. The molecule has 0 heterocycles. The van der Waals surface area contributed by atoms with E-state index in [0.29, 0.717) is 12.3 Å². The van der Waals surface area contributed by atoms with Gasteiger partial charge in [-0.1, -0.05) is 24.6 Å². The Morgan fingerprint density at radius 2 is 2.22 bits per heavy atom. The van der Waals surface area contributed by atoms with Crippen molar-refractivity contribution in [1.82, 2.24) is 0 Å². The minimum absolute atomic E-state index is 0.192. The normalized spacial score (nSPS) is 24.4. The van der Waals surface area contributed by atoms with Crippen LogP contribution in [0, 0.1) is 12.8 Å². The van der Waals surface area contributed by atoms with Crippen molar-refractivity contribution >= 4 is 5.97 Å². The number of carboxylic acids is 1. The van der Waals surface area contributed by atoms with Crippen molar-refractivity contribution in [3.05, 3.63) is 34.9 Å². The quantitative estimate of drug-likeness (QED) is 0.865. The maximum Gasteiger partial charge on any atom is 0.303 e. The van der Waals surface area contributed by atoms with Crippen molar-refractivity contribution in [3.63, 3.8) is 0 Å². The molecule has 96 valence electrons. The van der Waals surface area contributed by atoms with Gasteiger partial charge in [0.1, 0.15) is 0 Å². The first kappa shape index (κ1) is 11.8. The maximum atomic E-state index is 11.1. The first-order valence-corrected chi connectivity index (χ1v) is 6.94. The van der Waals surface area contributed by atoms with Crippen LogP contribution >= 0.6 is 0 Å². The SMILES string of the molecule is Cc1cccc2c1CCC(CC(=O)O)C21CCC1. The van der Waals surface area contributed by atoms with Crippen molar-refractivity contribution in [2.75, 3.05) is 0 Å². The Hall–Kier alpha value is -1.31. The molecule has 2 heteroatoms. The average molecular weight is 244 g/mol. The highest BCUT2D eigenvalue weighted by Gasteiger charge is 2.48. The van der Waals surface area contributed by atoms with E-state index < -0.39 is 5.97 Å². The number of benzene rings is 1. The molecule has 1 atom stereocenters. The number of fused-ring (bicyclic) bond motifs is 2. The molecule has 1 aromatic carbocycles. The highest BCUT2D eigenvalue weighted by molar-refractivity contribution is 5.67. The average Bonchev–Trinajstić information content (AvgIpc) is 2.26. The standard InChI is InChI=1S/C16H20O2/c1-11-4-2-5-14-13(11)7-6-12(10-15(17)18)16(14)8-3-9-16/h2,4-5,12H,3,6-10H2,1H3,(H,17,18). The molecule has 0 radical (unpaired) electrons. The Morgan fingerprint density at radius 3 is 2.83 bits per heavy atom. The third-order valence-corrected chi connectivity index (χ3v) is 5.14. The lowest BCUT2D eigenvalue weighted by Gasteiger charge is -2.52. The highest BCUT2D eigenvalue weighted by atomic mass is 16.4. The second-order valence-corrected chi connectivity index (χ2v) is 5.94. The number of hydrogen-bond donors (Lipinski definition) is 1. The number of rotatable bonds is 2. The number of aryl methyl sites for hydroxylation is 1. The molecule has 0 bridgehead atoms. The summed E-state index contributed by atoms with van der Waals surface area (Å²) in [5, 5.41) is 9.12. The molecule has 0 saturated heterocycles. The molecule has 1 aromatic rings. The Kier molecular flexibility index (Phi) is 2.69. The Balaban J connectivity index is 2.03. The summed E-state index contributed by atoms with van der Waals surface area (Å²) in [7, 11) is 0. The van der Waals surface area contributed by atoms with E-state index >= 15 is 0 Å². The van der Waals surface area contributed by atoms with Crippen LogP contribution in [0.1, 0.15) is 48.8 Å². The summed E-state index contributed by atoms with van der Waals surface area (Å²) in [4.78, 5) is 11.1. The molecule has 18 heavy (non-hydrogen) atoms. The Bertz CT molecular complexity index is 486. The molecule has 2 aliphatic carbocycles. The molecule has 1 N–H and O–H groups in total. The zero-order valence-electron chi connectivity index (χ0n) is 10.9. The summed E-state index contributed by atoms with van der Waals surface area (Å²) in [6.07, 6.45) is 6.06. The molecule has 0 aromatic heterocycles. The summed E-state index contributed by atoms with van der Waals surface area (Å²) < 4.78 is 0. The summed E-state index contributed by atoms with van der Waals surface area (Å²) >= 11 is 0. The highest BCUT2D eigenvalue weighted by Crippen LogP contribution is 2.55. The zero-order valence-corrected chi connectivity index (χ0v) is 10.9. The topological polar surface area (TPSA) is 37.3 Å². The van der Waals surface area contributed by atoms with Gasteiger partial charge < -0.3 is 5.11 Å². The lowest BCUT2D eigenvalue weighted by molar-refractivity contribution is -0.139. The fourth-order valence-electron chi connectivity index (χ4n) is 4.06. The van der Waals surface area contributed by atoms with Crippen molar-refractivity contribution in [3.8, 4) is 0 Å². The minimum atomic E-state index is -0.637. The molecule has 1 fully saturated rings. The van der Waals surface area contributed by atoms with E-state index in [-0.39, 0.29) is 5.41 Å². The van der Waals surface area contributed by atoms with Gasteiger partial charge in [-0.2, -0.15) is 0 Å². The van der Waals surface area contributed by atoms with Crippen molar-refractivity contribution in [2.45, 2.75) is 50.9 Å². The fourth-order valence-corrected chi connectivity index (χ4v) is 4.06. The first-order valence-electron chi connectivity index (χ1n) is 6.94. The third kappa shape index (κ3) is 1.58. The Labute approximate surface area is 108 Å². The van der Waals surface area contributed by atoms with Crippen LogP contribution in [0.3, 0.4) is 0 Å². The van der Waals surface area contributed by atoms with Crippen molar-refractivity contribution in [2.24, 2.45) is 5.92 Å². The van der Waals surface area contributed by atoms with Crippen LogP contribution in [0.5, 0.6) is 0 Å². The van der Waals surface area contributed by atoms with Crippen LogP contribution in [0.4, 0.5) is 0 Å². The first-order chi connectivity index (χ1) is 8.63. The predicted octanol–water partition coefficient (Wildman–Crippen LogP) is 3.45. The zero-order chi connectivity index (χ0) is 12.8. The lowest BCUT2D eigenvalue weighted by atomic mass is 9.52. The smallest absolute Gasteiger partial charge is 0.303 e. The van der Waals surface area contributed by atoms with Crippen LogP contribution in [0.2, 0.25) is 0 Å². The number of hydrogen-bond acceptors (Lipinski definition) is 1. The summed E-state index contributed by atoms with van der Waals surface area (Å²) in [6, 6.07) is 6.57. The van der Waals surface area contributed by atoms with E-state index in [1.807, 2.05) is 0 Å². The van der Waals surface area contributed by atoms with Gasteiger partial charge in [-0.05, 0) is 60.6 Å². The van der Waals surface area contributed by atoms with Gasteiger partial charge in [0, 0.05) is 6.42 Å². The molecule has 0 amide bonds. The fraction of sp³-hybridized carbons (Fsp3) is 0.562. The largest absolute Gasteiger partial charge is 0.481 e. The van der Waals surface area contributed by atoms with Crippen LogP contribution in [0.15, 0.2) is 18.2 Å². The lowest BCUT2D eigenvalue weighted by Crippen LogP contribution is -2.46. The van der Waals surface area contributed by atoms with E-state index in [1.54, 1.807) is 0 Å². The third-order valence-electron chi connectivity index (χ3n) is 5.14. The molecular weight excluding hydrogens is 224 g/mol. The van der Waals surface area contributed by atoms with Crippen molar-refractivity contribution in [1.29, 1.82) is 0 Å². The van der Waals surface area contributed by atoms with E-state index in [9.17, 15) is 4.79 Å². The maximum absolute atomic E-state index is 11.1. The van der Waals surface area contributed by atoms with Crippen LogP contribution in [0.25, 0.3) is 0 Å². The molecule has 2 nitrogen and oxygen atoms in total. The van der Waals surface area contributed by atoms with Crippen LogP contribution in [-0.4, -0.2) is 11.1 Å². The van der Waals surface area contributed by atoms with Crippen LogP contribution < -0.4 is 0 Å². The van der Waals surface area contributed by atoms with Gasteiger partial charge in [-0.3, -0.25) is 4.79 Å². The van der Waals surface area contributed by atoms with Gasteiger partial charge in [0.15, 0.2) is 0 Å². The van der Waals surface area contributed by atoms with Gasteiger partial charge in [0.05, 0.1) is 0 Å². The minimum Gasteiger partial charge on any atom is -0.481 e. The van der Waals surface area contributed by atoms with Gasteiger partial charge >= 0.3 is 5.97 Å². The number of aliphatic carboxylic acids is 1. The molecule has 1 saturated carbocycles. The predicted molar refractivity (Wildman–Crippen MR) is 70.8 cm³/mol. The molecule has 3 rings (SSSR count). The molecule has 2 aliphatic rings. The monoisotopic (exact) mass is 244 g/mol. The van der Waals surface area contributed by atoms with Gasteiger partial charge in [0.2, 0.25) is 0 Å². The second-order valence-electron chi connectivity index (χ2n) is 5.94. The molecule has 0 aliphatic heterocycles. The van der Waals surface area contributed by atoms with Gasteiger partial charge in [0.25, 0.3) is 0 Å². The summed E-state index contributed by atoms with van der Waals surface area (Å²) in [6.45, 7) is 2.18. The van der Waals surface area contributed by atoms with Gasteiger partial charge in [-0.15, -0.1) is 0 Å². The van der Waals surface area contributed by atoms with E-state index in [2.05, 4.69) is 25.1 Å². The van der Waals surface area contributed by atoms with Crippen LogP contribution in [-0.2, 0) is 16.6 Å². The van der Waals surface area contributed by atoms with Gasteiger partial charge in [-0.25, -0.2) is 0 Å². The number of carbonyl (C=O) groups is 1. The second kappa shape index (κ2) is 4.11. The van der Waals surface area contributed by atoms with E-state index in [4.69, 9.17) is 5.11 Å². The van der Waals surface area contributed by atoms with E-state index in [0.717, 1.165) is 12.8 Å². The molecule has 1 unspecified atom stereocenters. The summed E-state index contributed by atoms with van der Waals surface area (Å²) in [5.41, 5.74) is 4.54. The Morgan fingerprint density at radius 1 is 1.44 bits per heavy atom. The van der Waals surface area contributed by atoms with Crippen molar-refractivity contribution < 1.29 is 9.90 Å². The van der Waals surface area contributed by atoms with E-state index in [1.165, 1.54) is 36.0 Å². The number of carboxylic acid groups (broad SMARTS) is 1. The summed E-state index contributed by atoms with van der Waals surface area (Å²) in [5.74, 6) is -0.291.